The van der Waals surface area contributed by atoms with Gasteiger partial charge < -0.3 is 5.32 Å². The molecule has 0 atom stereocenters. The van der Waals surface area contributed by atoms with Crippen molar-refractivity contribution in [2.45, 2.75) is 26.2 Å². The molecule has 20 heavy (non-hydrogen) atoms. The standard InChI is InChI=1S/C15H20N4O/c1-3-4-5-8-17-15-18-13(11-14(20)19(15)2)12-6-9-16-10-7-12/h6-7,9-11H,3-5,8H2,1-2H3,(H,17,18). The van der Waals surface area contributed by atoms with E-state index in [0.717, 1.165) is 18.5 Å². The Morgan fingerprint density at radius 1 is 1.25 bits per heavy atom. The van der Waals surface area contributed by atoms with Crippen LogP contribution in [-0.2, 0) is 7.05 Å². The second kappa shape index (κ2) is 6.84. The van der Waals surface area contributed by atoms with Gasteiger partial charge in [-0.25, -0.2) is 4.98 Å². The first-order valence-corrected chi connectivity index (χ1v) is 6.94. The van der Waals surface area contributed by atoms with Crippen molar-refractivity contribution in [2.24, 2.45) is 7.05 Å². The summed E-state index contributed by atoms with van der Waals surface area (Å²) < 4.78 is 1.54. The highest BCUT2D eigenvalue weighted by atomic mass is 16.1. The Morgan fingerprint density at radius 2 is 2.00 bits per heavy atom. The summed E-state index contributed by atoms with van der Waals surface area (Å²) in [6.45, 7) is 2.99. The van der Waals surface area contributed by atoms with Crippen LogP contribution < -0.4 is 10.9 Å². The van der Waals surface area contributed by atoms with E-state index in [9.17, 15) is 4.79 Å². The van der Waals surface area contributed by atoms with Gasteiger partial charge in [0.2, 0.25) is 5.95 Å². The fourth-order valence-corrected chi connectivity index (χ4v) is 1.94. The monoisotopic (exact) mass is 272 g/mol. The van der Waals surface area contributed by atoms with E-state index in [1.165, 1.54) is 17.4 Å². The molecule has 2 heterocycles. The second-order valence-corrected chi connectivity index (χ2v) is 4.73. The van der Waals surface area contributed by atoms with Crippen LogP contribution in [0.15, 0.2) is 35.4 Å². The fourth-order valence-electron chi connectivity index (χ4n) is 1.94. The molecule has 0 saturated carbocycles. The van der Waals surface area contributed by atoms with E-state index < -0.39 is 0 Å². The lowest BCUT2D eigenvalue weighted by atomic mass is 10.2. The van der Waals surface area contributed by atoms with Crippen LogP contribution in [0.4, 0.5) is 5.95 Å². The third-order valence-electron chi connectivity index (χ3n) is 3.17. The van der Waals surface area contributed by atoms with E-state index in [-0.39, 0.29) is 5.56 Å². The van der Waals surface area contributed by atoms with Crippen LogP contribution in [0.1, 0.15) is 26.2 Å². The molecule has 0 bridgehead atoms. The first-order valence-electron chi connectivity index (χ1n) is 6.94. The molecule has 0 aliphatic carbocycles. The molecule has 2 rings (SSSR count). The molecular weight excluding hydrogens is 252 g/mol. The van der Waals surface area contributed by atoms with Gasteiger partial charge in [-0.3, -0.25) is 14.3 Å². The molecule has 0 aliphatic heterocycles. The van der Waals surface area contributed by atoms with E-state index in [0.29, 0.717) is 11.6 Å². The van der Waals surface area contributed by atoms with Crippen molar-refractivity contribution in [2.75, 3.05) is 11.9 Å². The maximum absolute atomic E-state index is 12.0. The van der Waals surface area contributed by atoms with Gasteiger partial charge in [-0.15, -0.1) is 0 Å². The van der Waals surface area contributed by atoms with Crippen molar-refractivity contribution >= 4 is 5.95 Å². The quantitative estimate of drug-likeness (QED) is 0.821. The number of pyridine rings is 1. The van der Waals surface area contributed by atoms with Gasteiger partial charge in [0.25, 0.3) is 5.56 Å². The molecule has 0 spiro atoms. The molecule has 0 amide bonds. The molecule has 0 fully saturated rings. The number of nitrogens with one attached hydrogen (secondary N) is 1. The topological polar surface area (TPSA) is 59.8 Å². The van der Waals surface area contributed by atoms with Crippen LogP contribution in [0.5, 0.6) is 0 Å². The number of unbranched alkanes of at least 4 members (excludes halogenated alkanes) is 2. The van der Waals surface area contributed by atoms with Crippen molar-refractivity contribution < 1.29 is 0 Å². The predicted octanol–water partition coefficient (Wildman–Crippen LogP) is 2.44. The first kappa shape index (κ1) is 14.2. The van der Waals surface area contributed by atoms with Gasteiger partial charge in [0.05, 0.1) is 5.69 Å². The zero-order chi connectivity index (χ0) is 14.4. The molecule has 5 heteroatoms. The van der Waals surface area contributed by atoms with Crippen LogP contribution in [0.2, 0.25) is 0 Å². The number of nitrogens with zero attached hydrogens (tertiary/aromatic N) is 3. The summed E-state index contributed by atoms with van der Waals surface area (Å²) >= 11 is 0. The van der Waals surface area contributed by atoms with Gasteiger partial charge in [0.1, 0.15) is 0 Å². The predicted molar refractivity (Wildman–Crippen MR) is 80.7 cm³/mol. The van der Waals surface area contributed by atoms with E-state index in [4.69, 9.17) is 0 Å². The molecule has 0 radical (unpaired) electrons. The van der Waals surface area contributed by atoms with E-state index >= 15 is 0 Å². The molecular formula is C15H20N4O. The van der Waals surface area contributed by atoms with Gasteiger partial charge in [-0.2, -0.15) is 0 Å². The second-order valence-electron chi connectivity index (χ2n) is 4.73. The van der Waals surface area contributed by atoms with Crippen molar-refractivity contribution in [3.63, 3.8) is 0 Å². The molecule has 0 unspecified atom stereocenters. The van der Waals surface area contributed by atoms with Crippen LogP contribution in [-0.4, -0.2) is 21.1 Å². The normalized spacial score (nSPS) is 10.5. The lowest BCUT2D eigenvalue weighted by molar-refractivity contribution is 0.730. The summed E-state index contributed by atoms with van der Waals surface area (Å²) in [4.78, 5) is 20.5. The minimum atomic E-state index is -0.0650. The Balaban J connectivity index is 2.24. The molecule has 106 valence electrons. The van der Waals surface area contributed by atoms with Crippen molar-refractivity contribution in [3.8, 4) is 11.3 Å². The molecule has 0 aromatic carbocycles. The van der Waals surface area contributed by atoms with Gasteiger partial charge >= 0.3 is 0 Å². The number of rotatable bonds is 6. The molecule has 0 saturated heterocycles. The summed E-state index contributed by atoms with van der Waals surface area (Å²) in [7, 11) is 1.73. The lowest BCUT2D eigenvalue weighted by Crippen LogP contribution is -2.22. The molecule has 1 N–H and O–H groups in total. The fraction of sp³-hybridized carbons (Fsp3) is 0.400. The molecule has 5 nitrogen and oxygen atoms in total. The van der Waals surface area contributed by atoms with Crippen LogP contribution >= 0.6 is 0 Å². The molecule has 2 aromatic rings. The van der Waals surface area contributed by atoms with Gasteiger partial charge in [-0.1, -0.05) is 19.8 Å². The van der Waals surface area contributed by atoms with Gasteiger partial charge in [0, 0.05) is 37.6 Å². The van der Waals surface area contributed by atoms with Gasteiger partial charge in [0.15, 0.2) is 0 Å². The first-order chi connectivity index (χ1) is 9.72. The number of anilines is 1. The van der Waals surface area contributed by atoms with Crippen molar-refractivity contribution in [1.82, 2.24) is 14.5 Å². The smallest absolute Gasteiger partial charge is 0.255 e. The minimum absolute atomic E-state index is 0.0650. The highest BCUT2D eigenvalue weighted by molar-refractivity contribution is 5.59. The van der Waals surface area contributed by atoms with E-state index in [2.05, 4.69) is 22.2 Å². The third kappa shape index (κ3) is 3.44. The zero-order valence-corrected chi connectivity index (χ0v) is 12.0. The lowest BCUT2D eigenvalue weighted by Gasteiger charge is -2.11. The van der Waals surface area contributed by atoms with Crippen LogP contribution in [0.25, 0.3) is 11.3 Å². The Kier molecular flexibility index (Phi) is 4.87. The number of hydrogen-bond donors (Lipinski definition) is 1. The van der Waals surface area contributed by atoms with Crippen LogP contribution in [0.3, 0.4) is 0 Å². The van der Waals surface area contributed by atoms with E-state index in [1.54, 1.807) is 25.5 Å². The number of hydrogen-bond acceptors (Lipinski definition) is 4. The summed E-state index contributed by atoms with van der Waals surface area (Å²) in [5.74, 6) is 0.611. The Morgan fingerprint density at radius 3 is 2.70 bits per heavy atom. The van der Waals surface area contributed by atoms with Gasteiger partial charge in [-0.05, 0) is 18.6 Å². The maximum atomic E-state index is 12.0. The third-order valence-corrected chi connectivity index (χ3v) is 3.17. The summed E-state index contributed by atoms with van der Waals surface area (Å²) in [6, 6.07) is 5.25. The zero-order valence-electron chi connectivity index (χ0n) is 12.0. The maximum Gasteiger partial charge on any atom is 0.255 e. The Labute approximate surface area is 118 Å². The number of aromatic nitrogens is 3. The Bertz CT molecular complexity index is 607. The molecule has 2 aromatic heterocycles. The van der Waals surface area contributed by atoms with Crippen molar-refractivity contribution in [1.29, 1.82) is 0 Å². The van der Waals surface area contributed by atoms with Crippen LogP contribution in [0, 0.1) is 0 Å². The largest absolute Gasteiger partial charge is 0.356 e. The summed E-state index contributed by atoms with van der Waals surface area (Å²) in [6.07, 6.45) is 6.81. The van der Waals surface area contributed by atoms with E-state index in [1.807, 2.05) is 12.1 Å². The van der Waals surface area contributed by atoms with Crippen molar-refractivity contribution in [3.05, 3.63) is 40.9 Å². The average Bonchev–Trinajstić information content (AvgIpc) is 2.48. The Hall–Kier alpha value is -2.17. The summed E-state index contributed by atoms with van der Waals surface area (Å²) in [5, 5.41) is 3.23. The average molecular weight is 272 g/mol. The summed E-state index contributed by atoms with van der Waals surface area (Å²) in [5.41, 5.74) is 1.51. The minimum Gasteiger partial charge on any atom is -0.356 e. The highest BCUT2D eigenvalue weighted by Gasteiger charge is 2.06. The SMILES string of the molecule is CCCCCNc1nc(-c2ccncc2)cc(=O)n1C. The highest BCUT2D eigenvalue weighted by Crippen LogP contribution is 2.15. The molecule has 0 aliphatic rings.